The van der Waals surface area contributed by atoms with Crippen LogP contribution in [0, 0.1) is 12.8 Å². The van der Waals surface area contributed by atoms with Gasteiger partial charge in [-0.2, -0.15) is 0 Å². The van der Waals surface area contributed by atoms with Gasteiger partial charge in [0.05, 0.1) is 24.5 Å². The molecule has 0 spiro atoms. The van der Waals surface area contributed by atoms with Crippen LogP contribution in [0.3, 0.4) is 0 Å². The molecule has 2 aromatic carbocycles. The number of aryl methyl sites for hydroxylation is 1. The number of carbonyl (C=O) groups excluding carboxylic acids is 2. The molecule has 2 unspecified atom stereocenters. The van der Waals surface area contributed by atoms with Gasteiger partial charge in [0.1, 0.15) is 5.92 Å². The molecule has 1 N–H and O–H groups in total. The lowest BCUT2D eigenvalue weighted by molar-refractivity contribution is -0.146. The fraction of sp³-hybridized carbons (Fsp3) is 0.310. The minimum atomic E-state index is -0.774. The molecular formula is C29H30ClN3O4S. The number of nitrogens with zero attached hydrogens (tertiary/aromatic N) is 2. The normalized spacial score (nSPS) is 17.2. The largest absolute Gasteiger partial charge is 0.465 e. The van der Waals surface area contributed by atoms with Gasteiger partial charge >= 0.3 is 11.9 Å². The third kappa shape index (κ3) is 5.66. The predicted molar refractivity (Wildman–Crippen MR) is 152 cm³/mol. The van der Waals surface area contributed by atoms with Crippen LogP contribution in [0.25, 0.3) is 11.3 Å². The number of aromatic nitrogens is 1. The van der Waals surface area contributed by atoms with E-state index in [1.807, 2.05) is 55.5 Å². The number of hydrogen-bond acceptors (Lipinski definition) is 8. The first-order chi connectivity index (χ1) is 18.2. The molecule has 1 aliphatic rings. The molecule has 0 bridgehead atoms. The lowest BCUT2D eigenvalue weighted by atomic mass is 9.75. The van der Waals surface area contributed by atoms with Gasteiger partial charge in [0, 0.05) is 38.5 Å². The number of aliphatic imine (C=N–C) groups is 1. The van der Waals surface area contributed by atoms with Gasteiger partial charge in [-0.05, 0) is 58.4 Å². The van der Waals surface area contributed by atoms with Crippen molar-refractivity contribution in [2.75, 3.05) is 18.5 Å². The third-order valence-electron chi connectivity index (χ3n) is 6.32. The zero-order chi connectivity index (χ0) is 27.4. The lowest BCUT2D eigenvalue weighted by Crippen LogP contribution is -2.36. The Morgan fingerprint density at radius 3 is 2.37 bits per heavy atom. The molecule has 0 radical (unpaired) electrons. The van der Waals surface area contributed by atoms with Crippen LogP contribution < -0.4 is 5.32 Å². The molecule has 2 atom stereocenters. The quantitative estimate of drug-likeness (QED) is 0.300. The first-order valence-electron chi connectivity index (χ1n) is 12.4. The van der Waals surface area contributed by atoms with Crippen LogP contribution in [0.15, 0.2) is 64.8 Å². The van der Waals surface area contributed by atoms with E-state index in [0.717, 1.165) is 27.4 Å². The second-order valence-electron chi connectivity index (χ2n) is 8.82. The fourth-order valence-electron chi connectivity index (χ4n) is 4.71. The zero-order valence-corrected chi connectivity index (χ0v) is 23.6. The van der Waals surface area contributed by atoms with E-state index < -0.39 is 23.8 Å². The second-order valence-corrected chi connectivity index (χ2v) is 10.5. The number of carbonyl (C=O) groups is 2. The van der Waals surface area contributed by atoms with E-state index >= 15 is 0 Å². The highest BCUT2D eigenvalue weighted by molar-refractivity contribution is 7.16. The maximum absolute atomic E-state index is 13.2. The van der Waals surface area contributed by atoms with Crippen molar-refractivity contribution in [3.8, 4) is 11.3 Å². The number of benzene rings is 2. The minimum Gasteiger partial charge on any atom is -0.465 e. The van der Waals surface area contributed by atoms with Crippen LogP contribution in [0.1, 0.15) is 44.1 Å². The van der Waals surface area contributed by atoms with Gasteiger partial charge in [-0.15, -0.1) is 11.3 Å². The molecule has 0 aliphatic carbocycles. The summed E-state index contributed by atoms with van der Waals surface area (Å²) in [5.41, 5.74) is 4.77. The number of ether oxygens (including phenoxy) is 2. The molecule has 0 saturated heterocycles. The zero-order valence-electron chi connectivity index (χ0n) is 22.0. The molecular weight excluding hydrogens is 522 g/mol. The van der Waals surface area contributed by atoms with Gasteiger partial charge < -0.3 is 14.8 Å². The highest BCUT2D eigenvalue weighted by Gasteiger charge is 2.43. The van der Waals surface area contributed by atoms with E-state index in [4.69, 9.17) is 26.1 Å². The highest BCUT2D eigenvalue weighted by Crippen LogP contribution is 2.44. The van der Waals surface area contributed by atoms with Crippen molar-refractivity contribution in [3.63, 3.8) is 0 Å². The summed E-state index contributed by atoms with van der Waals surface area (Å²) in [5, 5.41) is 4.79. The number of para-hydroxylation sites is 1. The van der Waals surface area contributed by atoms with Gasteiger partial charge in [-0.25, -0.2) is 9.78 Å². The Bertz CT molecular complexity index is 1410. The Morgan fingerprint density at radius 1 is 1.00 bits per heavy atom. The first kappa shape index (κ1) is 27.5. The summed E-state index contributed by atoms with van der Waals surface area (Å²) >= 11 is 7.58. The van der Waals surface area contributed by atoms with Crippen molar-refractivity contribution in [3.05, 3.63) is 75.3 Å². The fourth-order valence-corrected chi connectivity index (χ4v) is 5.68. The van der Waals surface area contributed by atoms with Crippen molar-refractivity contribution in [1.29, 1.82) is 0 Å². The third-order valence-corrected chi connectivity index (χ3v) is 7.45. The summed E-state index contributed by atoms with van der Waals surface area (Å²) in [6, 6.07) is 15.2. The molecule has 0 amide bonds. The molecule has 9 heteroatoms. The number of anilines is 2. The average molecular weight is 552 g/mol. The van der Waals surface area contributed by atoms with Gasteiger partial charge in [-0.3, -0.25) is 9.79 Å². The minimum absolute atomic E-state index is 0.209. The molecule has 1 aromatic heterocycles. The molecule has 198 valence electrons. The molecule has 4 rings (SSSR count). The van der Waals surface area contributed by atoms with Crippen LogP contribution in [-0.4, -0.2) is 35.8 Å². The Kier molecular flexibility index (Phi) is 8.64. The molecule has 0 saturated carbocycles. The van der Waals surface area contributed by atoms with Crippen LogP contribution in [0.2, 0.25) is 5.02 Å². The first-order valence-corrected chi connectivity index (χ1v) is 13.6. The van der Waals surface area contributed by atoms with Crippen molar-refractivity contribution < 1.29 is 19.1 Å². The molecule has 38 heavy (non-hydrogen) atoms. The lowest BCUT2D eigenvalue weighted by Gasteiger charge is -2.32. The number of allylic oxidation sites excluding steroid dienone is 1. The summed E-state index contributed by atoms with van der Waals surface area (Å²) in [6.07, 6.45) is 0. The van der Waals surface area contributed by atoms with E-state index in [9.17, 15) is 9.59 Å². The molecule has 7 nitrogen and oxygen atoms in total. The number of nitrogens with one attached hydrogen (secondary N) is 1. The van der Waals surface area contributed by atoms with Crippen LogP contribution >= 0.6 is 22.9 Å². The number of esters is 2. The smallest absolute Gasteiger partial charge is 0.336 e. The summed E-state index contributed by atoms with van der Waals surface area (Å²) < 4.78 is 10.8. The topological polar surface area (TPSA) is 89.9 Å². The Hall–Kier alpha value is -3.49. The SMILES string of the molecule is CCOC(=O)C1=C(C)N=C(C)C(C(=O)OCC)C1c1ccccc1Nc1nc(-c2ccc(Cl)cc2)c(C)s1. The highest BCUT2D eigenvalue weighted by atomic mass is 35.5. The second kappa shape index (κ2) is 11.9. The van der Waals surface area contributed by atoms with Gasteiger partial charge in [0.25, 0.3) is 0 Å². The van der Waals surface area contributed by atoms with Gasteiger partial charge in [0.2, 0.25) is 0 Å². The standard InChI is InChI=1S/C29H30ClN3O4S/c1-6-36-27(34)23-16(3)31-17(4)24(28(35)37-7-2)25(23)21-10-8-9-11-22(21)32-29-33-26(18(5)38-29)19-12-14-20(30)15-13-19/h8-15,23,25H,6-7H2,1-5H3,(H,32,33). The van der Waals surface area contributed by atoms with E-state index in [1.165, 1.54) is 11.3 Å². The van der Waals surface area contributed by atoms with Crippen LogP contribution in [-0.2, 0) is 19.1 Å². The average Bonchev–Trinajstić information content (AvgIpc) is 3.24. The molecule has 1 aliphatic heterocycles. The molecule has 3 aromatic rings. The van der Waals surface area contributed by atoms with E-state index in [1.54, 1.807) is 27.7 Å². The van der Waals surface area contributed by atoms with Crippen molar-refractivity contribution in [2.24, 2.45) is 10.9 Å². The van der Waals surface area contributed by atoms with Crippen molar-refractivity contribution >= 4 is 51.4 Å². The number of halogens is 1. The summed E-state index contributed by atoms with van der Waals surface area (Å²) in [5.74, 6) is -2.35. The summed E-state index contributed by atoms with van der Waals surface area (Å²) in [4.78, 5) is 36.8. The maximum atomic E-state index is 13.2. The maximum Gasteiger partial charge on any atom is 0.336 e. The summed E-state index contributed by atoms with van der Waals surface area (Å²) in [7, 11) is 0. The number of hydrogen-bond donors (Lipinski definition) is 1. The van der Waals surface area contributed by atoms with Crippen LogP contribution in [0.4, 0.5) is 10.8 Å². The monoisotopic (exact) mass is 551 g/mol. The van der Waals surface area contributed by atoms with E-state index in [0.29, 0.717) is 27.1 Å². The number of thiazole rings is 1. The van der Waals surface area contributed by atoms with Crippen molar-refractivity contribution in [1.82, 2.24) is 4.98 Å². The molecule has 2 heterocycles. The Labute approximate surface area is 231 Å². The van der Waals surface area contributed by atoms with E-state index in [2.05, 4.69) is 10.3 Å². The van der Waals surface area contributed by atoms with Gasteiger partial charge in [-0.1, -0.05) is 41.9 Å². The van der Waals surface area contributed by atoms with Crippen molar-refractivity contribution in [2.45, 2.75) is 40.5 Å². The predicted octanol–water partition coefficient (Wildman–Crippen LogP) is 7.09. The Morgan fingerprint density at radius 2 is 1.68 bits per heavy atom. The van der Waals surface area contributed by atoms with E-state index in [-0.39, 0.29) is 13.2 Å². The van der Waals surface area contributed by atoms with Crippen LogP contribution in [0.5, 0.6) is 0 Å². The Balaban J connectivity index is 1.79. The summed E-state index contributed by atoms with van der Waals surface area (Å²) in [6.45, 7) is 9.51. The number of rotatable bonds is 8. The molecule has 0 fully saturated rings. The van der Waals surface area contributed by atoms with Gasteiger partial charge in [0.15, 0.2) is 5.13 Å².